The Kier molecular flexibility index (Phi) is 4.79. The van der Waals surface area contributed by atoms with Crippen molar-refractivity contribution in [2.75, 3.05) is 0 Å². The van der Waals surface area contributed by atoms with Gasteiger partial charge in [-0.25, -0.2) is 0 Å². The Morgan fingerprint density at radius 1 is 1.18 bits per heavy atom. The van der Waals surface area contributed by atoms with E-state index in [-0.39, 0.29) is 0 Å². The first-order chi connectivity index (χ1) is 4.92. The highest BCUT2D eigenvalue weighted by Crippen LogP contribution is 2.22. The van der Waals surface area contributed by atoms with Gasteiger partial charge in [0.15, 0.2) is 0 Å². The summed E-state index contributed by atoms with van der Waals surface area (Å²) in [6, 6.07) is 0. The van der Waals surface area contributed by atoms with Gasteiger partial charge in [0, 0.05) is 0 Å². The Morgan fingerprint density at radius 2 is 1.73 bits per heavy atom. The molecule has 0 heteroatoms. The fourth-order valence-electron chi connectivity index (χ4n) is 0.986. The van der Waals surface area contributed by atoms with E-state index in [4.69, 9.17) is 0 Å². The van der Waals surface area contributed by atoms with Crippen LogP contribution in [0.4, 0.5) is 0 Å². The van der Waals surface area contributed by atoms with Crippen LogP contribution in [0.3, 0.4) is 0 Å². The van der Waals surface area contributed by atoms with Crippen LogP contribution in [0.25, 0.3) is 0 Å². The van der Waals surface area contributed by atoms with Crippen molar-refractivity contribution >= 4 is 0 Å². The van der Waals surface area contributed by atoms with Crippen LogP contribution in [0.15, 0.2) is 0 Å². The number of hydrogen-bond donors (Lipinski definition) is 0. The molecule has 0 amide bonds. The van der Waals surface area contributed by atoms with Crippen molar-refractivity contribution in [1.82, 2.24) is 0 Å². The summed E-state index contributed by atoms with van der Waals surface area (Å²) in [6.07, 6.45) is 6.31. The van der Waals surface area contributed by atoms with E-state index in [2.05, 4.69) is 41.0 Å². The van der Waals surface area contributed by atoms with Gasteiger partial charge in [0.1, 0.15) is 0 Å². The maximum Gasteiger partial charge on any atom is -0.0380 e. The molecule has 0 atom stereocenters. The first-order valence-electron chi connectivity index (χ1n) is 4.73. The zero-order chi connectivity index (χ0) is 8.91. The maximum absolute atomic E-state index is 2.43. The molecule has 11 heavy (non-hydrogen) atoms. The molecule has 0 saturated heterocycles. The van der Waals surface area contributed by atoms with Gasteiger partial charge in [-0.05, 0) is 30.6 Å². The molecule has 0 N–H and O–H groups in total. The highest BCUT2D eigenvalue weighted by Gasteiger charge is 2.08. The second kappa shape index (κ2) is 4.79. The molecule has 0 aromatic carbocycles. The SMILES string of the molecule is CC(C)CC[CH]CC(C)(C)C. The van der Waals surface area contributed by atoms with Crippen LogP contribution >= 0.6 is 0 Å². The van der Waals surface area contributed by atoms with E-state index in [1.807, 2.05) is 0 Å². The van der Waals surface area contributed by atoms with Gasteiger partial charge >= 0.3 is 0 Å². The van der Waals surface area contributed by atoms with Crippen LogP contribution in [-0.4, -0.2) is 0 Å². The van der Waals surface area contributed by atoms with Gasteiger partial charge in [-0.15, -0.1) is 0 Å². The van der Waals surface area contributed by atoms with Crippen molar-refractivity contribution < 1.29 is 0 Å². The fourth-order valence-corrected chi connectivity index (χ4v) is 0.986. The Morgan fingerprint density at radius 3 is 2.09 bits per heavy atom. The summed E-state index contributed by atoms with van der Waals surface area (Å²) in [7, 11) is 0. The molecule has 0 aromatic rings. The molecule has 0 spiro atoms. The first-order valence-corrected chi connectivity index (χ1v) is 4.73. The second-order valence-electron chi connectivity index (χ2n) is 5.02. The predicted octanol–water partition coefficient (Wildman–Crippen LogP) is 4.06. The molecule has 0 aliphatic heterocycles. The van der Waals surface area contributed by atoms with Crippen LogP contribution < -0.4 is 0 Å². The van der Waals surface area contributed by atoms with E-state index in [9.17, 15) is 0 Å². The zero-order valence-corrected chi connectivity index (χ0v) is 8.78. The Balaban J connectivity index is 3.15. The Hall–Kier alpha value is 0. The van der Waals surface area contributed by atoms with E-state index < -0.39 is 0 Å². The van der Waals surface area contributed by atoms with Crippen molar-refractivity contribution in [2.45, 2.75) is 53.9 Å². The molecule has 0 saturated carbocycles. The molecule has 0 heterocycles. The largest absolute Gasteiger partial charge is 0.0628 e. The number of unbranched alkanes of at least 4 members (excludes halogenated alkanes) is 1. The van der Waals surface area contributed by atoms with E-state index >= 15 is 0 Å². The second-order valence-corrected chi connectivity index (χ2v) is 5.02. The molecular weight excluding hydrogens is 132 g/mol. The minimum atomic E-state index is 0.483. The minimum absolute atomic E-state index is 0.483. The van der Waals surface area contributed by atoms with Crippen LogP contribution in [0.5, 0.6) is 0 Å². The normalized spacial score (nSPS) is 12.5. The molecule has 0 bridgehead atoms. The average molecular weight is 155 g/mol. The number of rotatable bonds is 4. The fraction of sp³-hybridized carbons (Fsp3) is 0.909. The van der Waals surface area contributed by atoms with Crippen LogP contribution in [-0.2, 0) is 0 Å². The summed E-state index contributed by atoms with van der Waals surface area (Å²) in [5, 5.41) is 0. The zero-order valence-electron chi connectivity index (χ0n) is 8.78. The summed E-state index contributed by atoms with van der Waals surface area (Å²) in [5.74, 6) is 0.853. The van der Waals surface area contributed by atoms with Gasteiger partial charge in [-0.1, -0.05) is 41.0 Å². The lowest BCUT2D eigenvalue weighted by Crippen LogP contribution is -2.04. The topological polar surface area (TPSA) is 0 Å². The van der Waals surface area contributed by atoms with Crippen molar-refractivity contribution in [1.29, 1.82) is 0 Å². The third-order valence-electron chi connectivity index (χ3n) is 1.70. The monoisotopic (exact) mass is 155 g/mol. The van der Waals surface area contributed by atoms with Gasteiger partial charge in [0.25, 0.3) is 0 Å². The van der Waals surface area contributed by atoms with Gasteiger partial charge in [0.05, 0.1) is 0 Å². The summed E-state index contributed by atoms with van der Waals surface area (Å²) in [4.78, 5) is 0. The van der Waals surface area contributed by atoms with E-state index in [1.165, 1.54) is 19.3 Å². The van der Waals surface area contributed by atoms with Crippen LogP contribution in [0, 0.1) is 17.8 Å². The lowest BCUT2D eigenvalue weighted by molar-refractivity contribution is 0.396. The van der Waals surface area contributed by atoms with Crippen LogP contribution in [0.2, 0.25) is 0 Å². The molecule has 0 fully saturated rings. The Bertz CT molecular complexity index is 84.7. The van der Waals surface area contributed by atoms with E-state index in [1.54, 1.807) is 0 Å². The Labute approximate surface area is 72.4 Å². The minimum Gasteiger partial charge on any atom is -0.0628 e. The molecule has 0 aromatic heterocycles. The molecule has 0 unspecified atom stereocenters. The number of hydrogen-bond acceptors (Lipinski definition) is 0. The summed E-state index contributed by atoms with van der Waals surface area (Å²) < 4.78 is 0. The van der Waals surface area contributed by atoms with Crippen molar-refractivity contribution in [2.24, 2.45) is 11.3 Å². The van der Waals surface area contributed by atoms with Gasteiger partial charge < -0.3 is 0 Å². The lowest BCUT2D eigenvalue weighted by Gasteiger charge is -2.17. The highest BCUT2D eigenvalue weighted by atomic mass is 14.1. The predicted molar refractivity (Wildman–Crippen MR) is 52.4 cm³/mol. The standard InChI is InChI=1S/C11H23/c1-10(2)8-6-7-9-11(3,4)5/h7,10H,6,8-9H2,1-5H3. The van der Waals surface area contributed by atoms with Gasteiger partial charge in [-0.3, -0.25) is 0 Å². The smallest absolute Gasteiger partial charge is 0.0380 e. The maximum atomic E-state index is 2.43. The molecule has 0 rings (SSSR count). The van der Waals surface area contributed by atoms with Gasteiger partial charge in [-0.2, -0.15) is 0 Å². The van der Waals surface area contributed by atoms with E-state index in [0.29, 0.717) is 5.41 Å². The first kappa shape index (κ1) is 11.0. The third-order valence-corrected chi connectivity index (χ3v) is 1.70. The van der Waals surface area contributed by atoms with Crippen molar-refractivity contribution in [3.8, 4) is 0 Å². The van der Waals surface area contributed by atoms with Crippen molar-refractivity contribution in [3.05, 3.63) is 6.42 Å². The quantitative estimate of drug-likeness (QED) is 0.537. The van der Waals surface area contributed by atoms with E-state index in [0.717, 1.165) is 5.92 Å². The van der Waals surface area contributed by atoms with Gasteiger partial charge in [0.2, 0.25) is 0 Å². The molecule has 1 radical (unpaired) electrons. The highest BCUT2D eigenvalue weighted by molar-refractivity contribution is 4.74. The van der Waals surface area contributed by atoms with Crippen LogP contribution in [0.1, 0.15) is 53.9 Å². The molecule has 0 aliphatic carbocycles. The molecule has 0 aliphatic rings. The summed E-state index contributed by atoms with van der Waals surface area (Å²) in [5.41, 5.74) is 0.483. The molecule has 0 nitrogen and oxygen atoms in total. The van der Waals surface area contributed by atoms with Crippen molar-refractivity contribution in [3.63, 3.8) is 0 Å². The summed E-state index contributed by atoms with van der Waals surface area (Å²) in [6.45, 7) is 11.4. The molecular formula is C11H23. The molecule has 67 valence electrons. The lowest BCUT2D eigenvalue weighted by atomic mass is 9.89. The summed E-state index contributed by atoms with van der Waals surface area (Å²) >= 11 is 0. The average Bonchev–Trinajstić information content (AvgIpc) is 1.78. The third kappa shape index (κ3) is 10.0.